The summed E-state index contributed by atoms with van der Waals surface area (Å²) in [7, 11) is -7.86. The molecule has 2 atom stereocenters. The van der Waals surface area contributed by atoms with E-state index in [4.69, 9.17) is 0 Å². The Morgan fingerprint density at radius 2 is 1.86 bits per heavy atom. The van der Waals surface area contributed by atoms with E-state index in [1.165, 1.54) is 22.6 Å². The van der Waals surface area contributed by atoms with Crippen molar-refractivity contribution in [3.8, 4) is 0 Å². The van der Waals surface area contributed by atoms with Gasteiger partial charge >= 0.3 is 0 Å². The van der Waals surface area contributed by atoms with Gasteiger partial charge in [0, 0.05) is 18.1 Å². The largest absolute Gasteiger partial charge is 0.273 e. The van der Waals surface area contributed by atoms with E-state index in [2.05, 4.69) is 4.98 Å². The van der Waals surface area contributed by atoms with Crippen LogP contribution in [0.25, 0.3) is 10.9 Å². The zero-order valence-corrected chi connectivity index (χ0v) is 17.6. The van der Waals surface area contributed by atoms with Gasteiger partial charge < -0.3 is 0 Å². The summed E-state index contributed by atoms with van der Waals surface area (Å²) in [5.74, 6) is -1.33. The molecule has 3 heterocycles. The zero-order valence-electron chi connectivity index (χ0n) is 16.0. The molecule has 8 nitrogen and oxygen atoms in total. The van der Waals surface area contributed by atoms with Crippen LogP contribution in [0.1, 0.15) is 19.8 Å². The molecule has 2 aromatic rings. The van der Waals surface area contributed by atoms with Crippen LogP contribution in [0.5, 0.6) is 0 Å². The second kappa shape index (κ2) is 6.89. The number of rotatable bonds is 5. The van der Waals surface area contributed by atoms with Crippen molar-refractivity contribution in [3.05, 3.63) is 48.3 Å². The molecule has 0 aliphatic carbocycles. The molecular formula is C19H21N3O5S2. The van der Waals surface area contributed by atoms with Gasteiger partial charge in [-0.05, 0) is 24.6 Å². The topological polar surface area (TPSA) is 105 Å². The van der Waals surface area contributed by atoms with E-state index in [0.29, 0.717) is 18.2 Å². The van der Waals surface area contributed by atoms with Crippen LogP contribution in [-0.4, -0.2) is 55.2 Å². The SMILES string of the molecule is CCCC1C(=O)N(S(=O)(=O)c2cccc3cccnc23)C2=CCN(S(C)(=O)=O)[C@@H]21. The normalized spacial score (nSPS) is 22.9. The van der Waals surface area contributed by atoms with Crippen LogP contribution in [0, 0.1) is 5.92 Å². The predicted octanol–water partition coefficient (Wildman–Crippen LogP) is 1.71. The fourth-order valence-corrected chi connectivity index (χ4v) is 6.87. The van der Waals surface area contributed by atoms with E-state index in [-0.39, 0.29) is 22.7 Å². The van der Waals surface area contributed by atoms with Gasteiger partial charge in [0.1, 0.15) is 4.90 Å². The first kappa shape index (κ1) is 20.0. The maximum Gasteiger partial charge on any atom is 0.272 e. The highest BCUT2D eigenvalue weighted by Crippen LogP contribution is 2.43. The molecule has 1 amide bonds. The third-order valence-corrected chi connectivity index (χ3v) is 8.35. The lowest BCUT2D eigenvalue weighted by atomic mass is 9.97. The van der Waals surface area contributed by atoms with Crippen LogP contribution in [0.2, 0.25) is 0 Å². The summed E-state index contributed by atoms with van der Waals surface area (Å²) < 4.78 is 53.6. The van der Waals surface area contributed by atoms with E-state index in [1.807, 2.05) is 6.92 Å². The molecule has 2 aliphatic rings. The van der Waals surface area contributed by atoms with Crippen molar-refractivity contribution < 1.29 is 21.6 Å². The highest BCUT2D eigenvalue weighted by molar-refractivity contribution is 7.90. The predicted molar refractivity (Wildman–Crippen MR) is 108 cm³/mol. The van der Waals surface area contributed by atoms with Crippen molar-refractivity contribution in [2.45, 2.75) is 30.7 Å². The van der Waals surface area contributed by atoms with Crippen molar-refractivity contribution >= 4 is 36.9 Å². The van der Waals surface area contributed by atoms with Crippen LogP contribution in [0.3, 0.4) is 0 Å². The summed E-state index contributed by atoms with van der Waals surface area (Å²) in [6, 6.07) is 7.42. The van der Waals surface area contributed by atoms with E-state index < -0.39 is 37.9 Å². The first-order valence-corrected chi connectivity index (χ1v) is 12.6. The molecule has 29 heavy (non-hydrogen) atoms. The first-order chi connectivity index (χ1) is 13.7. The number of sulfonamides is 2. The number of pyridine rings is 1. The van der Waals surface area contributed by atoms with Gasteiger partial charge in [-0.3, -0.25) is 9.78 Å². The number of carbonyl (C=O) groups excluding carboxylic acids is 1. The number of amides is 1. The van der Waals surface area contributed by atoms with Gasteiger partial charge in [0.2, 0.25) is 15.9 Å². The molecule has 0 N–H and O–H groups in total. The molecule has 1 aromatic carbocycles. The van der Waals surface area contributed by atoms with Gasteiger partial charge in [0.15, 0.2) is 0 Å². The Bertz CT molecular complexity index is 1230. The van der Waals surface area contributed by atoms with Crippen LogP contribution in [0.15, 0.2) is 53.2 Å². The van der Waals surface area contributed by atoms with Crippen LogP contribution in [0.4, 0.5) is 0 Å². The summed E-state index contributed by atoms with van der Waals surface area (Å²) in [6.45, 7) is 1.92. The highest BCUT2D eigenvalue weighted by atomic mass is 32.2. The minimum atomic E-state index is -4.26. The minimum absolute atomic E-state index is 0.0478. The van der Waals surface area contributed by atoms with Crippen molar-refractivity contribution in [3.63, 3.8) is 0 Å². The van der Waals surface area contributed by atoms with Crippen molar-refractivity contribution in [2.24, 2.45) is 5.92 Å². The van der Waals surface area contributed by atoms with Gasteiger partial charge in [0.25, 0.3) is 10.0 Å². The molecule has 4 rings (SSSR count). The Hall–Kier alpha value is -2.30. The van der Waals surface area contributed by atoms with Gasteiger partial charge in [0.05, 0.1) is 29.4 Å². The minimum Gasteiger partial charge on any atom is -0.273 e. The highest BCUT2D eigenvalue weighted by Gasteiger charge is 2.55. The molecule has 0 radical (unpaired) electrons. The Labute approximate surface area is 169 Å². The average Bonchev–Trinajstić information content (AvgIpc) is 3.20. The average molecular weight is 436 g/mol. The van der Waals surface area contributed by atoms with Crippen molar-refractivity contribution in [1.29, 1.82) is 0 Å². The number of hydrogen-bond acceptors (Lipinski definition) is 6. The van der Waals surface area contributed by atoms with Crippen LogP contribution >= 0.6 is 0 Å². The molecule has 0 bridgehead atoms. The van der Waals surface area contributed by atoms with Crippen molar-refractivity contribution in [2.75, 3.05) is 12.8 Å². The standard InChI is InChI=1S/C19H21N3O5S2/c1-3-6-14-18-15(10-12-21(18)28(2,24)25)22(19(14)23)29(26,27)16-9-4-7-13-8-5-11-20-17(13)16/h4-5,7-11,14,18H,3,6,12H2,1-2H3/t14?,18-/m1/s1. The van der Waals surface area contributed by atoms with E-state index >= 15 is 0 Å². The Balaban J connectivity index is 1.87. The number of carbonyl (C=O) groups is 1. The lowest BCUT2D eigenvalue weighted by Crippen LogP contribution is -2.40. The molecule has 154 valence electrons. The molecule has 1 saturated heterocycles. The number of hydrogen-bond donors (Lipinski definition) is 0. The molecule has 1 unspecified atom stereocenters. The molecular weight excluding hydrogens is 414 g/mol. The second-order valence-electron chi connectivity index (χ2n) is 7.24. The quantitative estimate of drug-likeness (QED) is 0.708. The lowest BCUT2D eigenvalue weighted by molar-refractivity contribution is -0.127. The van der Waals surface area contributed by atoms with Crippen molar-refractivity contribution in [1.82, 2.24) is 13.6 Å². The third kappa shape index (κ3) is 3.06. The molecule has 0 saturated carbocycles. The molecule has 0 spiro atoms. The smallest absolute Gasteiger partial charge is 0.272 e. The molecule has 1 fully saturated rings. The van der Waals surface area contributed by atoms with E-state index in [1.54, 1.807) is 24.3 Å². The summed E-state index contributed by atoms with van der Waals surface area (Å²) in [4.78, 5) is 17.3. The summed E-state index contributed by atoms with van der Waals surface area (Å²) in [6.07, 6.45) is 5.11. The Morgan fingerprint density at radius 1 is 1.14 bits per heavy atom. The number of para-hydroxylation sites is 1. The second-order valence-corrected chi connectivity index (χ2v) is 10.9. The number of aromatic nitrogens is 1. The summed E-state index contributed by atoms with van der Waals surface area (Å²) >= 11 is 0. The fourth-order valence-electron chi connectivity index (χ4n) is 4.16. The monoisotopic (exact) mass is 435 g/mol. The number of fused-ring (bicyclic) bond motifs is 2. The van der Waals surface area contributed by atoms with Gasteiger partial charge in [-0.15, -0.1) is 0 Å². The Morgan fingerprint density at radius 3 is 2.55 bits per heavy atom. The van der Waals surface area contributed by atoms with Gasteiger partial charge in [-0.2, -0.15) is 4.31 Å². The first-order valence-electron chi connectivity index (χ1n) is 9.27. The third-order valence-electron chi connectivity index (χ3n) is 5.37. The summed E-state index contributed by atoms with van der Waals surface area (Å²) in [5, 5.41) is 0.639. The maximum atomic E-state index is 13.6. The number of benzene rings is 1. The van der Waals surface area contributed by atoms with Gasteiger partial charge in [-0.25, -0.2) is 21.1 Å². The maximum absolute atomic E-state index is 13.6. The van der Waals surface area contributed by atoms with Crippen LogP contribution < -0.4 is 0 Å². The van der Waals surface area contributed by atoms with E-state index in [9.17, 15) is 21.6 Å². The molecule has 2 aliphatic heterocycles. The lowest BCUT2D eigenvalue weighted by Gasteiger charge is -2.24. The van der Waals surface area contributed by atoms with E-state index in [0.717, 1.165) is 10.6 Å². The molecule has 10 heteroatoms. The fraction of sp³-hybridized carbons (Fsp3) is 0.368. The zero-order chi connectivity index (χ0) is 21.0. The molecule has 1 aromatic heterocycles. The number of nitrogens with zero attached hydrogens (tertiary/aromatic N) is 3. The Kier molecular flexibility index (Phi) is 4.75. The van der Waals surface area contributed by atoms with Gasteiger partial charge in [-0.1, -0.05) is 31.5 Å². The van der Waals surface area contributed by atoms with Crippen LogP contribution in [-0.2, 0) is 24.8 Å². The summed E-state index contributed by atoms with van der Waals surface area (Å²) in [5.41, 5.74) is 0.490.